The Labute approximate surface area is 162 Å². The van der Waals surface area contributed by atoms with Gasteiger partial charge in [0.2, 0.25) is 0 Å². The van der Waals surface area contributed by atoms with E-state index in [0.717, 1.165) is 23.5 Å². The molecule has 2 rings (SSSR count). The van der Waals surface area contributed by atoms with Crippen LogP contribution in [0.25, 0.3) is 0 Å². The molecule has 5 heteroatoms. The van der Waals surface area contributed by atoms with E-state index >= 15 is 0 Å². The second-order valence-electron chi connectivity index (χ2n) is 6.67. The summed E-state index contributed by atoms with van der Waals surface area (Å²) in [4.78, 5) is 0. The van der Waals surface area contributed by atoms with Crippen molar-refractivity contribution in [3.8, 4) is 11.5 Å². The molecule has 26 heavy (non-hydrogen) atoms. The lowest BCUT2D eigenvalue weighted by molar-refractivity contribution is 0.115. The van der Waals surface area contributed by atoms with Crippen molar-refractivity contribution in [1.29, 1.82) is 0 Å². The number of unbranched alkanes of at least 4 members (excludes halogenated alkanes) is 1. The molecule has 0 aliphatic rings. The van der Waals surface area contributed by atoms with Crippen LogP contribution in [0, 0.1) is 0 Å². The average Bonchev–Trinajstić information content (AvgIpc) is 2.66. The highest BCUT2D eigenvalue weighted by atomic mass is 35.5. The van der Waals surface area contributed by atoms with Crippen molar-refractivity contribution in [1.82, 2.24) is 0 Å². The number of benzene rings is 2. The molecule has 144 valence electrons. The van der Waals surface area contributed by atoms with Crippen molar-refractivity contribution in [3.05, 3.63) is 59.7 Å². The van der Waals surface area contributed by atoms with Gasteiger partial charge in [-0.15, -0.1) is 12.4 Å². The van der Waals surface area contributed by atoms with Crippen LogP contribution in [0.1, 0.15) is 37.3 Å². The van der Waals surface area contributed by atoms with Crippen LogP contribution in [0.4, 0.5) is 0 Å². The van der Waals surface area contributed by atoms with Crippen LogP contribution in [0.2, 0.25) is 0 Å². The fourth-order valence-corrected chi connectivity index (χ4v) is 2.57. The average molecular weight is 380 g/mol. The van der Waals surface area contributed by atoms with Crippen molar-refractivity contribution in [2.45, 2.75) is 44.6 Å². The second kappa shape index (κ2) is 11.2. The highest BCUT2D eigenvalue weighted by Crippen LogP contribution is 2.23. The Kier molecular flexibility index (Phi) is 9.66. The first kappa shape index (κ1) is 22.5. The maximum atomic E-state index is 9.23. The number of halogens is 1. The molecule has 4 nitrogen and oxygen atoms in total. The Morgan fingerprint density at radius 3 is 1.73 bits per heavy atom. The first-order valence-electron chi connectivity index (χ1n) is 8.95. The Hall–Kier alpha value is -1.59. The number of ether oxygens (including phenoxy) is 1. The molecular weight excluding hydrogens is 350 g/mol. The Bertz CT molecular complexity index is 625. The number of aryl methyl sites for hydroxylation is 2. The van der Waals surface area contributed by atoms with Gasteiger partial charge in [-0.2, -0.15) is 0 Å². The van der Waals surface area contributed by atoms with Crippen LogP contribution >= 0.6 is 12.4 Å². The van der Waals surface area contributed by atoms with Gasteiger partial charge in [-0.05, 0) is 61.1 Å². The first-order chi connectivity index (χ1) is 12.1. The molecule has 4 N–H and O–H groups in total. The molecule has 0 amide bonds. The number of aliphatic hydroxyl groups excluding tert-OH is 2. The molecule has 0 saturated heterocycles. The molecule has 0 aromatic heterocycles. The molecule has 0 fully saturated rings. The van der Waals surface area contributed by atoms with E-state index in [0.29, 0.717) is 12.8 Å². The third kappa shape index (κ3) is 6.96. The minimum atomic E-state index is -0.922. The van der Waals surface area contributed by atoms with Crippen molar-refractivity contribution in [3.63, 3.8) is 0 Å². The zero-order chi connectivity index (χ0) is 18.1. The van der Waals surface area contributed by atoms with Gasteiger partial charge in [0.15, 0.2) is 0 Å². The van der Waals surface area contributed by atoms with Crippen LogP contribution in [0.5, 0.6) is 11.5 Å². The van der Waals surface area contributed by atoms with Gasteiger partial charge in [-0.1, -0.05) is 37.6 Å². The molecule has 0 aliphatic heterocycles. The maximum Gasteiger partial charge on any atom is 0.127 e. The van der Waals surface area contributed by atoms with Gasteiger partial charge < -0.3 is 20.7 Å². The van der Waals surface area contributed by atoms with Gasteiger partial charge in [0.05, 0.1) is 18.8 Å². The number of rotatable bonds is 10. The Balaban J connectivity index is 0.00000338. The van der Waals surface area contributed by atoms with Gasteiger partial charge in [-0.25, -0.2) is 0 Å². The molecular formula is C21H30ClNO3. The summed E-state index contributed by atoms with van der Waals surface area (Å²) in [6, 6.07) is 16.1. The van der Waals surface area contributed by atoms with Crippen LogP contribution < -0.4 is 10.5 Å². The van der Waals surface area contributed by atoms with E-state index in [4.69, 9.17) is 10.5 Å². The largest absolute Gasteiger partial charge is 0.457 e. The minimum Gasteiger partial charge on any atom is -0.457 e. The lowest BCUT2D eigenvalue weighted by atomic mass is 9.94. The predicted molar refractivity (Wildman–Crippen MR) is 108 cm³/mol. The summed E-state index contributed by atoms with van der Waals surface area (Å²) in [5.74, 6) is 1.61. The topological polar surface area (TPSA) is 75.7 Å². The van der Waals surface area contributed by atoms with Crippen LogP contribution in [-0.2, 0) is 12.8 Å². The monoisotopic (exact) mass is 379 g/mol. The first-order valence-corrected chi connectivity index (χ1v) is 8.95. The summed E-state index contributed by atoms with van der Waals surface area (Å²) in [6.07, 6.45) is 4.74. The van der Waals surface area contributed by atoms with Gasteiger partial charge in [0.1, 0.15) is 11.5 Å². The fourth-order valence-electron chi connectivity index (χ4n) is 2.57. The molecule has 0 heterocycles. The van der Waals surface area contributed by atoms with Crippen LogP contribution in [-0.4, -0.2) is 29.0 Å². The standard InChI is InChI=1S/C21H29NO3.ClH/c1-2-3-4-17-5-9-19(10-6-17)25-20-11-7-18(8-12-20)13-14-21(22,15-23)16-24;/h5-12,23-24H,2-4,13-16,22H2,1H3;1H. The van der Waals surface area contributed by atoms with Crippen LogP contribution in [0.3, 0.4) is 0 Å². The van der Waals surface area contributed by atoms with E-state index in [9.17, 15) is 10.2 Å². The van der Waals surface area contributed by atoms with E-state index in [-0.39, 0.29) is 25.6 Å². The molecule has 0 atom stereocenters. The molecule has 0 bridgehead atoms. The van der Waals surface area contributed by atoms with Crippen LogP contribution in [0.15, 0.2) is 48.5 Å². The Morgan fingerprint density at radius 2 is 1.31 bits per heavy atom. The quantitative estimate of drug-likeness (QED) is 0.586. The molecule has 0 unspecified atom stereocenters. The highest BCUT2D eigenvalue weighted by molar-refractivity contribution is 5.85. The molecule has 2 aromatic rings. The zero-order valence-corrected chi connectivity index (χ0v) is 16.2. The highest BCUT2D eigenvalue weighted by Gasteiger charge is 2.22. The third-order valence-electron chi connectivity index (χ3n) is 4.44. The summed E-state index contributed by atoms with van der Waals surface area (Å²) >= 11 is 0. The lowest BCUT2D eigenvalue weighted by Gasteiger charge is -2.24. The van der Waals surface area contributed by atoms with E-state index < -0.39 is 5.54 Å². The zero-order valence-electron chi connectivity index (χ0n) is 15.4. The van der Waals surface area contributed by atoms with Gasteiger partial charge in [0.25, 0.3) is 0 Å². The number of aliphatic hydroxyl groups is 2. The number of hydrogen-bond acceptors (Lipinski definition) is 4. The predicted octanol–water partition coefficient (Wildman–Crippen LogP) is 3.86. The summed E-state index contributed by atoms with van der Waals surface area (Å²) in [5.41, 5.74) is 7.40. The summed E-state index contributed by atoms with van der Waals surface area (Å²) < 4.78 is 5.88. The molecule has 0 aliphatic carbocycles. The smallest absolute Gasteiger partial charge is 0.127 e. The summed E-state index contributed by atoms with van der Waals surface area (Å²) in [6.45, 7) is 1.75. The van der Waals surface area contributed by atoms with Crippen molar-refractivity contribution in [2.24, 2.45) is 5.73 Å². The van der Waals surface area contributed by atoms with E-state index in [1.54, 1.807) is 0 Å². The maximum absolute atomic E-state index is 9.23. The lowest BCUT2D eigenvalue weighted by Crippen LogP contribution is -2.47. The molecule has 0 spiro atoms. The summed E-state index contributed by atoms with van der Waals surface area (Å²) in [5, 5.41) is 18.5. The van der Waals surface area contributed by atoms with Crippen molar-refractivity contribution in [2.75, 3.05) is 13.2 Å². The second-order valence-corrected chi connectivity index (χ2v) is 6.67. The van der Waals surface area contributed by atoms with E-state index in [1.807, 2.05) is 36.4 Å². The van der Waals surface area contributed by atoms with Crippen molar-refractivity contribution >= 4 is 12.4 Å². The van der Waals surface area contributed by atoms with Crippen molar-refractivity contribution < 1.29 is 14.9 Å². The molecule has 2 aromatic carbocycles. The minimum absolute atomic E-state index is 0. The van der Waals surface area contributed by atoms with E-state index in [1.165, 1.54) is 18.4 Å². The number of hydrogen-bond donors (Lipinski definition) is 3. The normalized spacial score (nSPS) is 11.1. The van der Waals surface area contributed by atoms with Gasteiger partial charge in [0, 0.05) is 0 Å². The fraction of sp³-hybridized carbons (Fsp3) is 0.429. The summed E-state index contributed by atoms with van der Waals surface area (Å²) in [7, 11) is 0. The van der Waals surface area contributed by atoms with E-state index in [2.05, 4.69) is 19.1 Å². The third-order valence-corrected chi connectivity index (χ3v) is 4.44. The number of nitrogens with two attached hydrogens (primary N) is 1. The molecule has 0 radical (unpaired) electrons. The Morgan fingerprint density at radius 1 is 0.846 bits per heavy atom. The SMILES string of the molecule is CCCCc1ccc(Oc2ccc(CCC(N)(CO)CO)cc2)cc1.Cl. The molecule has 0 saturated carbocycles. The van der Waals surface area contributed by atoms with Gasteiger partial charge >= 0.3 is 0 Å². The van der Waals surface area contributed by atoms with Gasteiger partial charge in [-0.3, -0.25) is 0 Å².